The standard InChI is InChI=1S/C16H16ClNO3/c1-8-13(10(3)19)15(11-5-4-6-12(17)7-11)14(16(20)21)9(2)18-8/h4-7,15,18H,1-3H3,(H,20,21). The highest BCUT2D eigenvalue weighted by Crippen LogP contribution is 2.39. The Morgan fingerprint density at radius 1 is 1.19 bits per heavy atom. The van der Waals surface area contributed by atoms with Gasteiger partial charge in [-0.1, -0.05) is 23.7 Å². The molecule has 0 saturated carbocycles. The van der Waals surface area contributed by atoms with Crippen molar-refractivity contribution in [1.29, 1.82) is 0 Å². The van der Waals surface area contributed by atoms with E-state index in [1.165, 1.54) is 6.92 Å². The molecule has 0 radical (unpaired) electrons. The number of hydrogen-bond donors (Lipinski definition) is 2. The molecule has 0 spiro atoms. The maximum absolute atomic E-state index is 12.0. The number of halogens is 1. The second-order valence-electron chi connectivity index (χ2n) is 5.05. The van der Waals surface area contributed by atoms with Crippen molar-refractivity contribution >= 4 is 23.4 Å². The fourth-order valence-electron chi connectivity index (χ4n) is 2.76. The van der Waals surface area contributed by atoms with Crippen LogP contribution in [0.1, 0.15) is 32.3 Å². The number of aliphatic carboxylic acids is 1. The van der Waals surface area contributed by atoms with Crippen molar-refractivity contribution in [3.63, 3.8) is 0 Å². The molecule has 0 fully saturated rings. The Morgan fingerprint density at radius 2 is 1.81 bits per heavy atom. The van der Waals surface area contributed by atoms with Gasteiger partial charge in [0, 0.05) is 27.9 Å². The molecule has 2 N–H and O–H groups in total. The molecular formula is C16H16ClNO3. The first kappa shape index (κ1) is 15.3. The van der Waals surface area contributed by atoms with Crippen molar-refractivity contribution in [2.75, 3.05) is 0 Å². The number of benzene rings is 1. The largest absolute Gasteiger partial charge is 0.478 e. The number of carbonyl (C=O) groups is 2. The minimum absolute atomic E-state index is 0.156. The molecule has 4 nitrogen and oxygen atoms in total. The fourth-order valence-corrected chi connectivity index (χ4v) is 2.96. The average molecular weight is 306 g/mol. The maximum atomic E-state index is 12.0. The highest BCUT2D eigenvalue weighted by molar-refractivity contribution is 6.30. The van der Waals surface area contributed by atoms with Gasteiger partial charge in [-0.25, -0.2) is 4.79 Å². The van der Waals surface area contributed by atoms with Crippen molar-refractivity contribution in [3.8, 4) is 0 Å². The smallest absolute Gasteiger partial charge is 0.334 e. The minimum atomic E-state index is -1.05. The van der Waals surface area contributed by atoms with Crippen LogP contribution in [0.4, 0.5) is 0 Å². The van der Waals surface area contributed by atoms with E-state index >= 15 is 0 Å². The Kier molecular flexibility index (Phi) is 4.19. The molecule has 21 heavy (non-hydrogen) atoms. The third-order valence-corrected chi connectivity index (χ3v) is 3.79. The molecule has 2 rings (SSSR count). The first-order chi connectivity index (χ1) is 9.82. The number of ketones is 1. The van der Waals surface area contributed by atoms with Gasteiger partial charge in [-0.2, -0.15) is 0 Å². The Bertz CT molecular complexity index is 653. The summed E-state index contributed by atoms with van der Waals surface area (Å²) in [6.45, 7) is 4.91. The number of dihydropyridines is 1. The number of hydrogen-bond acceptors (Lipinski definition) is 3. The lowest BCUT2D eigenvalue weighted by molar-refractivity contribution is -0.133. The summed E-state index contributed by atoms with van der Waals surface area (Å²) in [6, 6.07) is 6.95. The third kappa shape index (κ3) is 2.85. The zero-order valence-electron chi connectivity index (χ0n) is 12.0. The first-order valence-electron chi connectivity index (χ1n) is 6.51. The second-order valence-corrected chi connectivity index (χ2v) is 5.49. The van der Waals surface area contributed by atoms with Gasteiger partial charge in [-0.3, -0.25) is 4.79 Å². The van der Waals surface area contributed by atoms with Gasteiger partial charge in [0.2, 0.25) is 0 Å². The van der Waals surface area contributed by atoms with Crippen LogP contribution in [-0.4, -0.2) is 16.9 Å². The van der Waals surface area contributed by atoms with Crippen molar-refractivity contribution in [2.24, 2.45) is 0 Å². The molecule has 0 amide bonds. The number of nitrogens with one attached hydrogen (secondary N) is 1. The van der Waals surface area contributed by atoms with Gasteiger partial charge >= 0.3 is 5.97 Å². The molecule has 0 aliphatic carbocycles. The highest BCUT2D eigenvalue weighted by atomic mass is 35.5. The second kappa shape index (κ2) is 5.74. The zero-order valence-corrected chi connectivity index (χ0v) is 12.8. The molecule has 1 unspecified atom stereocenters. The Morgan fingerprint density at radius 3 is 2.33 bits per heavy atom. The normalized spacial score (nSPS) is 18.6. The van der Waals surface area contributed by atoms with Gasteiger partial charge in [0.15, 0.2) is 5.78 Å². The molecule has 0 saturated heterocycles. The van der Waals surface area contributed by atoms with Crippen LogP contribution in [0.15, 0.2) is 46.8 Å². The summed E-state index contributed by atoms with van der Waals surface area (Å²) in [5.41, 5.74) is 2.54. The van der Waals surface area contributed by atoms with Crippen LogP contribution >= 0.6 is 11.6 Å². The number of rotatable bonds is 3. The van der Waals surface area contributed by atoms with Crippen LogP contribution in [0.2, 0.25) is 5.02 Å². The molecule has 1 aromatic rings. The predicted molar refractivity (Wildman–Crippen MR) is 81.0 cm³/mol. The van der Waals surface area contributed by atoms with Crippen LogP contribution < -0.4 is 5.32 Å². The predicted octanol–water partition coefficient (Wildman–Crippen LogP) is 3.25. The summed E-state index contributed by atoms with van der Waals surface area (Å²) in [4.78, 5) is 23.6. The van der Waals surface area contributed by atoms with Gasteiger partial charge in [-0.15, -0.1) is 0 Å². The van der Waals surface area contributed by atoms with E-state index in [0.29, 0.717) is 27.6 Å². The molecule has 5 heteroatoms. The number of carboxylic acids is 1. The lowest BCUT2D eigenvalue weighted by atomic mass is 9.79. The van der Waals surface area contributed by atoms with E-state index in [1.54, 1.807) is 38.1 Å². The fraction of sp³-hybridized carbons (Fsp3) is 0.250. The molecule has 1 aliphatic heterocycles. The molecule has 1 atom stereocenters. The van der Waals surface area contributed by atoms with E-state index in [2.05, 4.69) is 5.32 Å². The summed E-state index contributed by atoms with van der Waals surface area (Å²) in [7, 11) is 0. The van der Waals surface area contributed by atoms with E-state index in [9.17, 15) is 14.7 Å². The molecule has 1 aliphatic rings. The van der Waals surface area contributed by atoms with Crippen LogP contribution in [-0.2, 0) is 9.59 Å². The quantitative estimate of drug-likeness (QED) is 0.899. The topological polar surface area (TPSA) is 66.4 Å². The van der Waals surface area contributed by atoms with Gasteiger partial charge < -0.3 is 10.4 Å². The van der Waals surface area contributed by atoms with Gasteiger partial charge in [0.25, 0.3) is 0 Å². The Balaban J connectivity index is 2.70. The van der Waals surface area contributed by atoms with E-state index < -0.39 is 11.9 Å². The zero-order chi connectivity index (χ0) is 15.7. The first-order valence-corrected chi connectivity index (χ1v) is 6.89. The van der Waals surface area contributed by atoms with Gasteiger partial charge in [0.1, 0.15) is 0 Å². The summed E-state index contributed by atoms with van der Waals surface area (Å²) < 4.78 is 0. The van der Waals surface area contributed by atoms with Crippen molar-refractivity contribution in [3.05, 3.63) is 57.4 Å². The van der Waals surface area contributed by atoms with Crippen LogP contribution in [0.5, 0.6) is 0 Å². The lowest BCUT2D eigenvalue weighted by Gasteiger charge is -2.29. The average Bonchev–Trinajstić information content (AvgIpc) is 2.36. The summed E-state index contributed by atoms with van der Waals surface area (Å²) in [6.07, 6.45) is 0. The molecule has 110 valence electrons. The number of carbonyl (C=O) groups excluding carboxylic acids is 1. The number of allylic oxidation sites excluding steroid dienone is 3. The number of Topliss-reactive ketones (excluding diaryl/α,β-unsaturated/α-hetero) is 1. The van der Waals surface area contributed by atoms with E-state index in [1.807, 2.05) is 0 Å². The molecule has 0 bridgehead atoms. The van der Waals surface area contributed by atoms with Gasteiger partial charge in [0.05, 0.1) is 5.57 Å². The summed E-state index contributed by atoms with van der Waals surface area (Å²) in [5.74, 6) is -1.81. The Hall–Kier alpha value is -2.07. The summed E-state index contributed by atoms with van der Waals surface area (Å²) >= 11 is 6.01. The molecule has 1 heterocycles. The lowest BCUT2D eigenvalue weighted by Crippen LogP contribution is -2.30. The summed E-state index contributed by atoms with van der Waals surface area (Å²) in [5, 5.41) is 13.0. The SMILES string of the molecule is CC(=O)C1=C(C)NC(C)=C(C(=O)O)C1c1cccc(Cl)c1. The van der Waals surface area contributed by atoms with E-state index in [4.69, 9.17) is 11.6 Å². The van der Waals surface area contributed by atoms with Crippen LogP contribution in [0.3, 0.4) is 0 Å². The number of carboxylic acid groups (broad SMARTS) is 1. The van der Waals surface area contributed by atoms with Crippen LogP contribution in [0, 0.1) is 0 Å². The Labute approximate surface area is 128 Å². The third-order valence-electron chi connectivity index (χ3n) is 3.55. The van der Waals surface area contributed by atoms with Crippen molar-refractivity contribution < 1.29 is 14.7 Å². The van der Waals surface area contributed by atoms with E-state index in [0.717, 1.165) is 0 Å². The monoisotopic (exact) mass is 305 g/mol. The highest BCUT2D eigenvalue weighted by Gasteiger charge is 2.34. The van der Waals surface area contributed by atoms with E-state index in [-0.39, 0.29) is 11.4 Å². The maximum Gasteiger partial charge on any atom is 0.334 e. The molecule has 1 aromatic carbocycles. The van der Waals surface area contributed by atoms with Crippen molar-refractivity contribution in [1.82, 2.24) is 5.32 Å². The minimum Gasteiger partial charge on any atom is -0.478 e. The molecule has 0 aromatic heterocycles. The van der Waals surface area contributed by atoms with Gasteiger partial charge in [-0.05, 0) is 38.5 Å². The van der Waals surface area contributed by atoms with Crippen molar-refractivity contribution in [2.45, 2.75) is 26.7 Å². The van der Waals surface area contributed by atoms with Crippen LogP contribution in [0.25, 0.3) is 0 Å². The molecular weight excluding hydrogens is 290 g/mol.